The number of hydrogen-bond acceptors (Lipinski definition) is 2. The highest BCUT2D eigenvalue weighted by atomic mass is 16.5. The Bertz CT molecular complexity index is 391. The molecule has 1 aromatic rings. The molecule has 1 rings (SSSR count). The van der Waals surface area contributed by atoms with Crippen molar-refractivity contribution >= 4 is 5.78 Å². The molecule has 0 unspecified atom stereocenters. The molecule has 0 aliphatic rings. The van der Waals surface area contributed by atoms with Gasteiger partial charge in [-0.2, -0.15) is 0 Å². The van der Waals surface area contributed by atoms with Gasteiger partial charge in [0.15, 0.2) is 5.78 Å². The Morgan fingerprint density at radius 2 is 2.27 bits per heavy atom. The topological polar surface area (TPSA) is 26.3 Å². The standard InChI is InChI=1S/C13H14O2/c1-4-8-15-12-7-5-6-11(9-12)13(14)10(2)3/h4-7,9H,1-2,8H2,3H3. The summed E-state index contributed by atoms with van der Waals surface area (Å²) in [6, 6.07) is 7.05. The highest BCUT2D eigenvalue weighted by molar-refractivity contribution is 6.08. The molecular formula is C13H14O2. The van der Waals surface area contributed by atoms with Crippen LogP contribution in [0.4, 0.5) is 0 Å². The van der Waals surface area contributed by atoms with Crippen LogP contribution in [0.1, 0.15) is 17.3 Å². The lowest BCUT2D eigenvalue weighted by molar-refractivity contribution is 0.103. The Morgan fingerprint density at radius 3 is 2.87 bits per heavy atom. The molecule has 0 heterocycles. The molecule has 0 saturated heterocycles. The van der Waals surface area contributed by atoms with E-state index < -0.39 is 0 Å². The Kier molecular flexibility index (Phi) is 3.86. The van der Waals surface area contributed by atoms with Gasteiger partial charge in [-0.05, 0) is 24.6 Å². The van der Waals surface area contributed by atoms with Gasteiger partial charge < -0.3 is 4.74 Å². The van der Waals surface area contributed by atoms with Crippen LogP contribution in [0.25, 0.3) is 0 Å². The first-order chi connectivity index (χ1) is 7.15. The Hall–Kier alpha value is -1.83. The molecular weight excluding hydrogens is 188 g/mol. The van der Waals surface area contributed by atoms with Gasteiger partial charge >= 0.3 is 0 Å². The van der Waals surface area contributed by atoms with Crippen LogP contribution in [0.15, 0.2) is 49.1 Å². The lowest BCUT2D eigenvalue weighted by Gasteiger charge is -2.05. The maximum absolute atomic E-state index is 11.6. The number of allylic oxidation sites excluding steroid dienone is 1. The zero-order valence-corrected chi connectivity index (χ0v) is 8.82. The molecule has 0 aliphatic heterocycles. The van der Waals surface area contributed by atoms with Crippen LogP contribution in [-0.2, 0) is 0 Å². The molecule has 0 spiro atoms. The number of Topliss-reactive ketones (excluding diaryl/α,β-unsaturated/α-hetero) is 1. The maximum atomic E-state index is 11.6. The minimum atomic E-state index is -0.0564. The highest BCUT2D eigenvalue weighted by Gasteiger charge is 2.06. The first kappa shape index (κ1) is 11.2. The van der Waals surface area contributed by atoms with E-state index >= 15 is 0 Å². The summed E-state index contributed by atoms with van der Waals surface area (Å²) in [5.41, 5.74) is 1.12. The minimum Gasteiger partial charge on any atom is -0.490 e. The predicted molar refractivity (Wildman–Crippen MR) is 61.3 cm³/mol. The molecule has 2 nitrogen and oxygen atoms in total. The fraction of sp³-hybridized carbons (Fsp3) is 0.154. The number of benzene rings is 1. The van der Waals surface area contributed by atoms with Crippen LogP contribution in [0.3, 0.4) is 0 Å². The summed E-state index contributed by atoms with van der Waals surface area (Å²) in [7, 11) is 0. The molecule has 1 aromatic carbocycles. The molecule has 0 N–H and O–H groups in total. The zero-order chi connectivity index (χ0) is 11.3. The van der Waals surface area contributed by atoms with Gasteiger partial charge in [-0.3, -0.25) is 4.79 Å². The van der Waals surface area contributed by atoms with Crippen molar-refractivity contribution in [3.05, 3.63) is 54.6 Å². The average Bonchev–Trinajstić information content (AvgIpc) is 2.25. The van der Waals surface area contributed by atoms with Gasteiger partial charge in [0.2, 0.25) is 0 Å². The fourth-order valence-corrected chi connectivity index (χ4v) is 1.13. The van der Waals surface area contributed by atoms with Crippen LogP contribution in [0.5, 0.6) is 5.75 Å². The number of carbonyl (C=O) groups excluding carboxylic acids is 1. The van der Waals surface area contributed by atoms with Gasteiger partial charge in [0.25, 0.3) is 0 Å². The summed E-state index contributed by atoms with van der Waals surface area (Å²) < 4.78 is 5.33. The number of rotatable bonds is 5. The monoisotopic (exact) mass is 202 g/mol. The van der Waals surface area contributed by atoms with Gasteiger partial charge in [-0.1, -0.05) is 31.4 Å². The van der Waals surface area contributed by atoms with Crippen molar-refractivity contribution in [2.75, 3.05) is 6.61 Å². The second kappa shape index (κ2) is 5.15. The number of carbonyl (C=O) groups is 1. The van der Waals surface area contributed by atoms with Crippen molar-refractivity contribution in [3.8, 4) is 5.75 Å². The maximum Gasteiger partial charge on any atom is 0.188 e. The molecule has 0 radical (unpaired) electrons. The van der Waals surface area contributed by atoms with Crippen molar-refractivity contribution in [2.45, 2.75) is 6.92 Å². The van der Waals surface area contributed by atoms with Crippen molar-refractivity contribution in [1.82, 2.24) is 0 Å². The average molecular weight is 202 g/mol. The van der Waals surface area contributed by atoms with Gasteiger partial charge in [0.05, 0.1) is 0 Å². The summed E-state index contributed by atoms with van der Waals surface area (Å²) >= 11 is 0. The van der Waals surface area contributed by atoms with Crippen LogP contribution >= 0.6 is 0 Å². The van der Waals surface area contributed by atoms with E-state index in [1.807, 2.05) is 0 Å². The number of hydrogen-bond donors (Lipinski definition) is 0. The number of ketones is 1. The van der Waals surface area contributed by atoms with Crippen LogP contribution in [0, 0.1) is 0 Å². The van der Waals surface area contributed by atoms with E-state index in [4.69, 9.17) is 4.74 Å². The molecule has 0 fully saturated rings. The first-order valence-corrected chi connectivity index (χ1v) is 4.69. The summed E-state index contributed by atoms with van der Waals surface area (Å²) in [6.07, 6.45) is 1.66. The highest BCUT2D eigenvalue weighted by Crippen LogP contribution is 2.15. The Labute approximate surface area is 89.9 Å². The molecule has 0 bridgehead atoms. The molecule has 15 heavy (non-hydrogen) atoms. The Morgan fingerprint density at radius 1 is 1.53 bits per heavy atom. The van der Waals surface area contributed by atoms with Crippen molar-refractivity contribution in [3.63, 3.8) is 0 Å². The third kappa shape index (κ3) is 3.09. The molecule has 0 aromatic heterocycles. The zero-order valence-electron chi connectivity index (χ0n) is 8.82. The lowest BCUT2D eigenvalue weighted by atomic mass is 10.1. The van der Waals surface area contributed by atoms with Crippen LogP contribution < -0.4 is 4.74 Å². The van der Waals surface area contributed by atoms with E-state index in [1.54, 1.807) is 37.3 Å². The van der Waals surface area contributed by atoms with E-state index in [0.717, 1.165) is 0 Å². The molecule has 0 atom stereocenters. The van der Waals surface area contributed by atoms with E-state index in [1.165, 1.54) is 0 Å². The smallest absolute Gasteiger partial charge is 0.188 e. The second-order valence-corrected chi connectivity index (χ2v) is 3.24. The predicted octanol–water partition coefficient (Wildman–Crippen LogP) is 3.01. The van der Waals surface area contributed by atoms with Crippen molar-refractivity contribution in [1.29, 1.82) is 0 Å². The minimum absolute atomic E-state index is 0.0564. The third-order valence-corrected chi connectivity index (χ3v) is 1.85. The van der Waals surface area contributed by atoms with Crippen molar-refractivity contribution < 1.29 is 9.53 Å². The van der Waals surface area contributed by atoms with E-state index in [0.29, 0.717) is 23.5 Å². The van der Waals surface area contributed by atoms with Gasteiger partial charge in [0, 0.05) is 5.56 Å². The second-order valence-electron chi connectivity index (χ2n) is 3.24. The Balaban J connectivity index is 2.87. The SMILES string of the molecule is C=CCOc1cccc(C(=O)C(=C)C)c1. The molecule has 0 amide bonds. The van der Waals surface area contributed by atoms with E-state index in [-0.39, 0.29) is 5.78 Å². The molecule has 0 aliphatic carbocycles. The van der Waals surface area contributed by atoms with Crippen LogP contribution in [-0.4, -0.2) is 12.4 Å². The molecule has 0 saturated carbocycles. The van der Waals surface area contributed by atoms with Gasteiger partial charge in [-0.25, -0.2) is 0 Å². The summed E-state index contributed by atoms with van der Waals surface area (Å²) in [5, 5.41) is 0. The van der Waals surface area contributed by atoms with E-state index in [9.17, 15) is 4.79 Å². The van der Waals surface area contributed by atoms with Crippen LogP contribution in [0.2, 0.25) is 0 Å². The lowest BCUT2D eigenvalue weighted by Crippen LogP contribution is -2.00. The fourth-order valence-electron chi connectivity index (χ4n) is 1.13. The first-order valence-electron chi connectivity index (χ1n) is 4.69. The normalized spacial score (nSPS) is 9.40. The van der Waals surface area contributed by atoms with Crippen molar-refractivity contribution in [2.24, 2.45) is 0 Å². The summed E-state index contributed by atoms with van der Waals surface area (Å²) in [5.74, 6) is 0.612. The third-order valence-electron chi connectivity index (χ3n) is 1.85. The largest absolute Gasteiger partial charge is 0.490 e. The van der Waals surface area contributed by atoms with E-state index in [2.05, 4.69) is 13.2 Å². The summed E-state index contributed by atoms with van der Waals surface area (Å²) in [4.78, 5) is 11.6. The van der Waals surface area contributed by atoms with Gasteiger partial charge in [-0.15, -0.1) is 0 Å². The number of ether oxygens (including phenoxy) is 1. The molecule has 78 valence electrons. The van der Waals surface area contributed by atoms with Gasteiger partial charge in [0.1, 0.15) is 12.4 Å². The quantitative estimate of drug-likeness (QED) is 0.417. The molecule has 2 heteroatoms. The summed E-state index contributed by atoms with van der Waals surface area (Å²) in [6.45, 7) is 9.30.